The second-order valence-corrected chi connectivity index (χ2v) is 6.55. The molecule has 1 N–H and O–H groups in total. The van der Waals surface area contributed by atoms with Crippen molar-refractivity contribution in [3.63, 3.8) is 0 Å². The number of halogens is 1. The summed E-state index contributed by atoms with van der Waals surface area (Å²) in [4.78, 5) is 24.9. The molecule has 1 saturated heterocycles. The van der Waals surface area contributed by atoms with Gasteiger partial charge in [0.15, 0.2) is 4.32 Å². The molecular formula is C17H11FN2O2S2. The van der Waals surface area contributed by atoms with E-state index in [1.807, 2.05) is 0 Å². The molecule has 2 aromatic carbocycles. The van der Waals surface area contributed by atoms with Gasteiger partial charge < -0.3 is 0 Å². The van der Waals surface area contributed by atoms with Gasteiger partial charge >= 0.3 is 0 Å². The molecule has 0 aliphatic carbocycles. The van der Waals surface area contributed by atoms with E-state index < -0.39 is 17.6 Å². The monoisotopic (exact) mass is 358 g/mol. The molecule has 1 fully saturated rings. The van der Waals surface area contributed by atoms with E-state index in [4.69, 9.17) is 12.2 Å². The third-order valence-electron chi connectivity index (χ3n) is 3.19. The maximum atomic E-state index is 13.2. The Bertz CT molecular complexity index is 853. The molecule has 1 aliphatic heterocycles. The molecule has 4 nitrogen and oxygen atoms in total. The minimum atomic E-state index is -0.446. The van der Waals surface area contributed by atoms with Crippen LogP contribution in [0.3, 0.4) is 0 Å². The summed E-state index contributed by atoms with van der Waals surface area (Å²) in [6.45, 7) is 0. The average Bonchev–Trinajstić information content (AvgIpc) is 2.83. The normalized spacial score (nSPS) is 15.9. The van der Waals surface area contributed by atoms with Crippen LogP contribution in [0.2, 0.25) is 0 Å². The van der Waals surface area contributed by atoms with Crippen molar-refractivity contribution >= 4 is 46.2 Å². The standard InChI is InChI=1S/C17H11FN2O2S2/c18-13-8-4-5-11(9-13)10-14-16(22)20(17(23)24-14)19-15(21)12-6-2-1-3-7-12/h1-10H,(H,19,21)/b14-10-. The lowest BCUT2D eigenvalue weighted by Gasteiger charge is -2.15. The van der Waals surface area contributed by atoms with E-state index in [1.165, 1.54) is 18.2 Å². The predicted octanol–water partition coefficient (Wildman–Crippen LogP) is 3.37. The zero-order valence-corrected chi connectivity index (χ0v) is 13.9. The summed E-state index contributed by atoms with van der Waals surface area (Å²) in [5.74, 6) is -1.27. The fourth-order valence-corrected chi connectivity index (χ4v) is 3.25. The number of nitrogens with one attached hydrogen (secondary N) is 1. The Morgan fingerprint density at radius 2 is 1.92 bits per heavy atom. The highest BCUT2D eigenvalue weighted by molar-refractivity contribution is 8.26. The van der Waals surface area contributed by atoms with Gasteiger partial charge in [-0.15, -0.1) is 0 Å². The number of hydrazine groups is 1. The van der Waals surface area contributed by atoms with Crippen LogP contribution in [0.5, 0.6) is 0 Å². The molecule has 0 unspecified atom stereocenters. The fraction of sp³-hybridized carbons (Fsp3) is 0. The molecule has 0 bridgehead atoms. The quantitative estimate of drug-likeness (QED) is 0.675. The number of thiocarbonyl (C=S) groups is 1. The number of amides is 2. The molecule has 120 valence electrons. The molecule has 24 heavy (non-hydrogen) atoms. The molecule has 0 aromatic heterocycles. The Labute approximate surface area is 147 Å². The van der Waals surface area contributed by atoms with Crippen molar-refractivity contribution < 1.29 is 14.0 Å². The smallest absolute Gasteiger partial charge is 0.267 e. The molecule has 3 rings (SSSR count). The SMILES string of the molecule is O=C(NN1C(=O)/C(=C/c2cccc(F)c2)SC1=S)c1ccccc1. The summed E-state index contributed by atoms with van der Waals surface area (Å²) in [5, 5.41) is 1.03. The van der Waals surface area contributed by atoms with E-state index in [0.29, 0.717) is 16.0 Å². The summed E-state index contributed by atoms with van der Waals surface area (Å²) < 4.78 is 13.5. The van der Waals surface area contributed by atoms with Crippen LogP contribution in [0.15, 0.2) is 59.5 Å². The van der Waals surface area contributed by atoms with Crippen molar-refractivity contribution in [2.45, 2.75) is 0 Å². The number of hydrogen-bond acceptors (Lipinski definition) is 4. The number of benzene rings is 2. The van der Waals surface area contributed by atoms with E-state index >= 15 is 0 Å². The maximum Gasteiger partial charge on any atom is 0.285 e. The second-order valence-electron chi connectivity index (χ2n) is 4.88. The molecule has 0 spiro atoms. The molecule has 0 saturated carbocycles. The minimum absolute atomic E-state index is 0.215. The first-order valence-electron chi connectivity index (χ1n) is 6.94. The first-order valence-corrected chi connectivity index (χ1v) is 8.16. The Morgan fingerprint density at radius 3 is 2.62 bits per heavy atom. The van der Waals surface area contributed by atoms with E-state index in [9.17, 15) is 14.0 Å². The number of nitrogens with zero attached hydrogens (tertiary/aromatic N) is 1. The van der Waals surface area contributed by atoms with Crippen LogP contribution in [0, 0.1) is 5.82 Å². The van der Waals surface area contributed by atoms with Crippen molar-refractivity contribution in [1.82, 2.24) is 10.4 Å². The molecular weight excluding hydrogens is 347 g/mol. The van der Waals surface area contributed by atoms with Crippen LogP contribution in [-0.2, 0) is 4.79 Å². The van der Waals surface area contributed by atoms with Gasteiger partial charge in [0.05, 0.1) is 4.91 Å². The Morgan fingerprint density at radius 1 is 1.17 bits per heavy atom. The van der Waals surface area contributed by atoms with Crippen LogP contribution in [-0.4, -0.2) is 21.1 Å². The number of thioether (sulfide) groups is 1. The largest absolute Gasteiger partial charge is 0.285 e. The van der Waals surface area contributed by atoms with Gasteiger partial charge in [0, 0.05) is 5.56 Å². The second kappa shape index (κ2) is 6.94. The molecule has 7 heteroatoms. The fourth-order valence-electron chi connectivity index (χ4n) is 2.07. The van der Waals surface area contributed by atoms with Crippen LogP contribution < -0.4 is 5.43 Å². The third kappa shape index (κ3) is 3.52. The van der Waals surface area contributed by atoms with Crippen LogP contribution in [0.25, 0.3) is 6.08 Å². The van der Waals surface area contributed by atoms with Crippen molar-refractivity contribution in [2.24, 2.45) is 0 Å². The van der Waals surface area contributed by atoms with Crippen molar-refractivity contribution in [3.05, 3.63) is 76.4 Å². The van der Waals surface area contributed by atoms with E-state index in [0.717, 1.165) is 16.8 Å². The number of rotatable bonds is 3. The summed E-state index contributed by atoms with van der Waals surface area (Å²) in [6.07, 6.45) is 1.54. The Balaban J connectivity index is 1.78. The Kier molecular flexibility index (Phi) is 4.73. The van der Waals surface area contributed by atoms with E-state index in [2.05, 4.69) is 5.43 Å². The number of carbonyl (C=O) groups is 2. The first-order chi connectivity index (χ1) is 11.5. The molecule has 1 heterocycles. The van der Waals surface area contributed by atoms with Gasteiger partial charge in [0.25, 0.3) is 11.8 Å². The number of carbonyl (C=O) groups excluding carboxylic acids is 2. The van der Waals surface area contributed by atoms with Gasteiger partial charge in [0.1, 0.15) is 5.82 Å². The zero-order chi connectivity index (χ0) is 17.1. The maximum absolute atomic E-state index is 13.2. The lowest BCUT2D eigenvalue weighted by atomic mass is 10.2. The summed E-state index contributed by atoms with van der Waals surface area (Å²) in [6, 6.07) is 14.4. The van der Waals surface area contributed by atoms with Crippen molar-refractivity contribution in [2.75, 3.05) is 0 Å². The van der Waals surface area contributed by atoms with Gasteiger partial charge in [-0.2, -0.15) is 5.01 Å². The topological polar surface area (TPSA) is 49.4 Å². The first kappa shape index (κ1) is 16.4. The van der Waals surface area contributed by atoms with Crippen LogP contribution in [0.1, 0.15) is 15.9 Å². The highest BCUT2D eigenvalue weighted by atomic mass is 32.2. The van der Waals surface area contributed by atoms with Gasteiger partial charge in [0.2, 0.25) is 0 Å². The predicted molar refractivity (Wildman–Crippen MR) is 95.3 cm³/mol. The van der Waals surface area contributed by atoms with E-state index in [1.54, 1.807) is 42.5 Å². The van der Waals surface area contributed by atoms with Crippen molar-refractivity contribution in [3.8, 4) is 0 Å². The van der Waals surface area contributed by atoms with Gasteiger partial charge in [-0.25, -0.2) is 4.39 Å². The third-order valence-corrected chi connectivity index (χ3v) is 4.49. The molecule has 2 amide bonds. The van der Waals surface area contributed by atoms with Gasteiger partial charge in [-0.3, -0.25) is 15.0 Å². The molecule has 0 radical (unpaired) electrons. The average molecular weight is 358 g/mol. The molecule has 1 aliphatic rings. The minimum Gasteiger partial charge on any atom is -0.267 e. The lowest BCUT2D eigenvalue weighted by Crippen LogP contribution is -2.44. The Hall–Kier alpha value is -2.51. The lowest BCUT2D eigenvalue weighted by molar-refractivity contribution is -0.123. The van der Waals surface area contributed by atoms with E-state index in [-0.39, 0.29) is 4.32 Å². The van der Waals surface area contributed by atoms with Crippen LogP contribution >= 0.6 is 24.0 Å². The van der Waals surface area contributed by atoms with Gasteiger partial charge in [-0.1, -0.05) is 42.1 Å². The molecule has 2 aromatic rings. The summed E-state index contributed by atoms with van der Waals surface area (Å²) in [5.41, 5.74) is 3.45. The highest BCUT2D eigenvalue weighted by Gasteiger charge is 2.33. The molecule has 0 atom stereocenters. The highest BCUT2D eigenvalue weighted by Crippen LogP contribution is 2.31. The number of hydrogen-bond donors (Lipinski definition) is 1. The van der Waals surface area contributed by atoms with Crippen LogP contribution in [0.4, 0.5) is 4.39 Å². The summed E-state index contributed by atoms with van der Waals surface area (Å²) >= 11 is 6.19. The zero-order valence-electron chi connectivity index (χ0n) is 12.2. The van der Waals surface area contributed by atoms with Crippen molar-refractivity contribution in [1.29, 1.82) is 0 Å². The van der Waals surface area contributed by atoms with Gasteiger partial charge in [-0.05, 0) is 48.1 Å². The summed E-state index contributed by atoms with van der Waals surface area (Å²) in [7, 11) is 0.